The molecule has 14 heavy (non-hydrogen) atoms. The van der Waals surface area contributed by atoms with Crippen LogP contribution in [0.4, 0.5) is 5.69 Å². The number of anilines is 1. The Hall–Kier alpha value is -1.49. The van der Waals surface area contributed by atoms with Crippen molar-refractivity contribution in [2.75, 3.05) is 11.9 Å². The van der Waals surface area contributed by atoms with E-state index in [0.717, 1.165) is 23.7 Å². The highest BCUT2D eigenvalue weighted by Crippen LogP contribution is 2.32. The Labute approximate surface area is 84.6 Å². The summed E-state index contributed by atoms with van der Waals surface area (Å²) in [5, 5.41) is 12.0. The van der Waals surface area contributed by atoms with E-state index in [4.69, 9.17) is 5.26 Å². The van der Waals surface area contributed by atoms with E-state index < -0.39 is 0 Å². The maximum atomic E-state index is 8.62. The second-order valence-corrected chi connectivity index (χ2v) is 3.85. The van der Waals surface area contributed by atoms with E-state index in [1.165, 1.54) is 19.3 Å². The van der Waals surface area contributed by atoms with Crippen LogP contribution in [0.5, 0.6) is 0 Å². The Morgan fingerprint density at radius 2 is 2.00 bits per heavy atom. The van der Waals surface area contributed by atoms with Crippen LogP contribution in [-0.4, -0.2) is 6.54 Å². The predicted molar refractivity (Wildman–Crippen MR) is 57.0 cm³/mol. The first kappa shape index (κ1) is 9.08. The van der Waals surface area contributed by atoms with Crippen LogP contribution in [-0.2, 0) is 0 Å². The smallest absolute Gasteiger partial charge is 0.0991 e. The van der Waals surface area contributed by atoms with E-state index in [1.54, 1.807) is 0 Å². The van der Waals surface area contributed by atoms with Crippen LogP contribution < -0.4 is 5.32 Å². The van der Waals surface area contributed by atoms with Crippen LogP contribution >= 0.6 is 0 Å². The highest BCUT2D eigenvalue weighted by atomic mass is 14.9. The minimum Gasteiger partial charge on any atom is -0.385 e. The van der Waals surface area contributed by atoms with Crippen LogP contribution in [0.15, 0.2) is 24.3 Å². The number of hydrogen-bond acceptors (Lipinski definition) is 2. The quantitative estimate of drug-likeness (QED) is 0.784. The zero-order valence-corrected chi connectivity index (χ0v) is 8.16. The van der Waals surface area contributed by atoms with Gasteiger partial charge in [0.1, 0.15) is 0 Å². The Balaban J connectivity index is 1.80. The van der Waals surface area contributed by atoms with Crippen molar-refractivity contribution in [2.24, 2.45) is 5.92 Å². The van der Waals surface area contributed by atoms with Crippen molar-refractivity contribution in [3.63, 3.8) is 0 Å². The zero-order chi connectivity index (χ0) is 9.80. The first-order valence-corrected chi connectivity index (χ1v) is 5.12. The molecule has 0 spiro atoms. The number of nitriles is 1. The lowest BCUT2D eigenvalue weighted by Crippen LogP contribution is -2.01. The summed E-state index contributed by atoms with van der Waals surface area (Å²) < 4.78 is 0. The van der Waals surface area contributed by atoms with E-state index >= 15 is 0 Å². The molecular formula is C12H14N2. The van der Waals surface area contributed by atoms with Gasteiger partial charge in [-0.3, -0.25) is 0 Å². The average molecular weight is 186 g/mol. The number of hydrogen-bond donors (Lipinski definition) is 1. The summed E-state index contributed by atoms with van der Waals surface area (Å²) in [7, 11) is 0. The van der Waals surface area contributed by atoms with Crippen LogP contribution in [0.2, 0.25) is 0 Å². The average Bonchev–Trinajstić information content (AvgIpc) is 3.03. The second-order valence-electron chi connectivity index (χ2n) is 3.85. The van der Waals surface area contributed by atoms with Crippen molar-refractivity contribution < 1.29 is 0 Å². The normalized spacial score (nSPS) is 14.8. The number of benzene rings is 1. The monoisotopic (exact) mass is 186 g/mol. The van der Waals surface area contributed by atoms with Gasteiger partial charge in [-0.15, -0.1) is 0 Å². The van der Waals surface area contributed by atoms with Crippen LogP contribution in [0.25, 0.3) is 0 Å². The molecular weight excluding hydrogens is 172 g/mol. The molecule has 0 saturated heterocycles. The number of nitrogens with one attached hydrogen (secondary N) is 1. The van der Waals surface area contributed by atoms with Crippen molar-refractivity contribution in [3.8, 4) is 6.07 Å². The van der Waals surface area contributed by atoms with Gasteiger partial charge in [0, 0.05) is 12.2 Å². The third-order valence-corrected chi connectivity index (χ3v) is 2.59. The lowest BCUT2D eigenvalue weighted by molar-refractivity contribution is 0.760. The van der Waals surface area contributed by atoms with Crippen LogP contribution in [0.3, 0.4) is 0 Å². The zero-order valence-electron chi connectivity index (χ0n) is 8.16. The van der Waals surface area contributed by atoms with Crippen molar-refractivity contribution in [2.45, 2.75) is 19.3 Å². The third-order valence-electron chi connectivity index (χ3n) is 2.59. The highest BCUT2D eigenvalue weighted by Gasteiger charge is 2.19. The summed E-state index contributed by atoms with van der Waals surface area (Å²) in [6.07, 6.45) is 4.10. The standard InChI is InChI=1S/C12H14N2/c13-9-11-3-5-12(6-4-11)14-8-7-10-1-2-10/h3-6,10,14H,1-2,7-8H2. The molecule has 0 amide bonds. The van der Waals surface area contributed by atoms with Gasteiger partial charge < -0.3 is 5.32 Å². The minimum atomic E-state index is 0.720. The summed E-state index contributed by atoms with van der Waals surface area (Å²) in [5.41, 5.74) is 1.84. The van der Waals surface area contributed by atoms with Gasteiger partial charge in [0.15, 0.2) is 0 Å². The van der Waals surface area contributed by atoms with Crippen molar-refractivity contribution in [1.29, 1.82) is 5.26 Å². The van der Waals surface area contributed by atoms with E-state index in [1.807, 2.05) is 24.3 Å². The summed E-state index contributed by atoms with van der Waals surface area (Å²) in [4.78, 5) is 0. The molecule has 0 aromatic heterocycles. The fourth-order valence-corrected chi connectivity index (χ4v) is 1.49. The molecule has 1 N–H and O–H groups in total. The molecule has 2 heteroatoms. The maximum Gasteiger partial charge on any atom is 0.0991 e. The lowest BCUT2D eigenvalue weighted by Gasteiger charge is -2.04. The number of rotatable bonds is 4. The Morgan fingerprint density at radius 1 is 1.29 bits per heavy atom. The molecule has 0 unspecified atom stereocenters. The molecule has 2 nitrogen and oxygen atoms in total. The summed E-state index contributed by atoms with van der Waals surface area (Å²) >= 11 is 0. The molecule has 0 radical (unpaired) electrons. The fraction of sp³-hybridized carbons (Fsp3) is 0.417. The summed E-state index contributed by atoms with van der Waals surface area (Å²) in [6.45, 7) is 1.05. The van der Waals surface area contributed by atoms with Crippen molar-refractivity contribution in [1.82, 2.24) is 0 Å². The van der Waals surface area contributed by atoms with Gasteiger partial charge in [-0.25, -0.2) is 0 Å². The number of nitrogens with zero attached hydrogens (tertiary/aromatic N) is 1. The molecule has 1 aromatic carbocycles. The van der Waals surface area contributed by atoms with Crippen molar-refractivity contribution in [3.05, 3.63) is 29.8 Å². The van der Waals surface area contributed by atoms with Gasteiger partial charge >= 0.3 is 0 Å². The summed E-state index contributed by atoms with van der Waals surface area (Å²) in [6, 6.07) is 9.73. The van der Waals surface area contributed by atoms with Gasteiger partial charge in [-0.05, 0) is 36.6 Å². The Bertz CT molecular complexity index is 330. The van der Waals surface area contributed by atoms with E-state index in [0.29, 0.717) is 0 Å². The molecule has 1 aliphatic carbocycles. The van der Waals surface area contributed by atoms with Gasteiger partial charge in [0.25, 0.3) is 0 Å². The Morgan fingerprint density at radius 3 is 2.57 bits per heavy atom. The van der Waals surface area contributed by atoms with Gasteiger partial charge in [-0.2, -0.15) is 5.26 Å². The summed E-state index contributed by atoms with van der Waals surface area (Å²) in [5.74, 6) is 0.973. The van der Waals surface area contributed by atoms with Crippen LogP contribution in [0.1, 0.15) is 24.8 Å². The molecule has 2 rings (SSSR count). The Kier molecular flexibility index (Phi) is 2.69. The predicted octanol–water partition coefficient (Wildman–Crippen LogP) is 2.77. The molecule has 0 atom stereocenters. The highest BCUT2D eigenvalue weighted by molar-refractivity contribution is 5.47. The third kappa shape index (κ3) is 2.50. The molecule has 0 aliphatic heterocycles. The minimum absolute atomic E-state index is 0.720. The first-order chi connectivity index (χ1) is 6.88. The van der Waals surface area contributed by atoms with Gasteiger partial charge in [0.05, 0.1) is 11.6 Å². The van der Waals surface area contributed by atoms with E-state index in [9.17, 15) is 0 Å². The molecule has 1 aliphatic rings. The topological polar surface area (TPSA) is 35.8 Å². The van der Waals surface area contributed by atoms with Gasteiger partial charge in [-0.1, -0.05) is 12.8 Å². The fourth-order valence-electron chi connectivity index (χ4n) is 1.49. The van der Waals surface area contributed by atoms with Crippen LogP contribution in [0, 0.1) is 17.2 Å². The van der Waals surface area contributed by atoms with Crippen molar-refractivity contribution >= 4 is 5.69 Å². The van der Waals surface area contributed by atoms with E-state index in [2.05, 4.69) is 11.4 Å². The molecule has 72 valence electrons. The molecule has 1 saturated carbocycles. The second kappa shape index (κ2) is 4.15. The molecule has 0 bridgehead atoms. The molecule has 0 heterocycles. The SMILES string of the molecule is N#Cc1ccc(NCCC2CC2)cc1. The van der Waals surface area contributed by atoms with Gasteiger partial charge in [0.2, 0.25) is 0 Å². The first-order valence-electron chi connectivity index (χ1n) is 5.12. The largest absolute Gasteiger partial charge is 0.385 e. The molecule has 1 fully saturated rings. The van der Waals surface area contributed by atoms with E-state index in [-0.39, 0.29) is 0 Å². The maximum absolute atomic E-state index is 8.62. The molecule has 1 aromatic rings. The lowest BCUT2D eigenvalue weighted by atomic mass is 10.2.